The number of carbonyl (C=O) groups excluding carboxylic acids is 1. The number of nitrogens with two attached hydrogens (primary N) is 1. The summed E-state index contributed by atoms with van der Waals surface area (Å²) >= 11 is 0. The summed E-state index contributed by atoms with van der Waals surface area (Å²) in [6, 6.07) is 0.154. The Balaban J connectivity index is 2.27. The smallest absolute Gasteiger partial charge is 0.236 e. The number of hydrogen-bond acceptors (Lipinski definition) is 3. The van der Waals surface area contributed by atoms with Crippen molar-refractivity contribution < 1.29 is 4.79 Å². The lowest BCUT2D eigenvalue weighted by atomic mass is 10.0. The minimum Gasteiger partial charge on any atom is -0.353 e. The molecule has 0 radical (unpaired) electrons. The molecule has 0 aliphatic carbocycles. The van der Waals surface area contributed by atoms with Crippen LogP contribution in [-0.2, 0) is 4.79 Å². The fourth-order valence-corrected chi connectivity index (χ4v) is 2.51. The first kappa shape index (κ1) is 14.5. The number of amides is 1. The maximum atomic E-state index is 11.8. The Morgan fingerprint density at radius 2 is 2.24 bits per heavy atom. The van der Waals surface area contributed by atoms with Crippen LogP contribution in [0.1, 0.15) is 40.0 Å². The van der Waals surface area contributed by atoms with Crippen molar-refractivity contribution in [3.63, 3.8) is 0 Å². The number of nitrogens with one attached hydrogen (secondary N) is 1. The summed E-state index contributed by atoms with van der Waals surface area (Å²) in [7, 11) is 0. The zero-order valence-corrected chi connectivity index (χ0v) is 11.4. The third kappa shape index (κ3) is 4.64. The van der Waals surface area contributed by atoms with E-state index in [-0.39, 0.29) is 11.9 Å². The minimum absolute atomic E-state index is 0.00153. The fraction of sp³-hybridized carbons (Fsp3) is 0.923. The summed E-state index contributed by atoms with van der Waals surface area (Å²) in [5.74, 6) is 0.469. The van der Waals surface area contributed by atoms with E-state index in [0.717, 1.165) is 26.1 Å². The van der Waals surface area contributed by atoms with Crippen molar-refractivity contribution in [3.05, 3.63) is 0 Å². The molecule has 1 heterocycles. The molecule has 0 aromatic rings. The lowest BCUT2D eigenvalue weighted by Crippen LogP contribution is -2.46. The van der Waals surface area contributed by atoms with E-state index in [1.807, 2.05) is 0 Å². The molecule has 0 bridgehead atoms. The van der Waals surface area contributed by atoms with Gasteiger partial charge in [0, 0.05) is 12.6 Å². The minimum atomic E-state index is -0.355. The monoisotopic (exact) mass is 241 g/mol. The first-order valence-corrected chi connectivity index (χ1v) is 6.82. The van der Waals surface area contributed by atoms with Gasteiger partial charge in [0.1, 0.15) is 0 Å². The van der Waals surface area contributed by atoms with E-state index < -0.39 is 0 Å². The number of likely N-dealkylation sites (tertiary alicyclic amines) is 1. The van der Waals surface area contributed by atoms with Crippen LogP contribution in [0.3, 0.4) is 0 Å². The van der Waals surface area contributed by atoms with Gasteiger partial charge in [0.05, 0.1) is 6.04 Å². The van der Waals surface area contributed by atoms with Crippen LogP contribution in [-0.4, -0.2) is 42.5 Å². The molecule has 1 amide bonds. The van der Waals surface area contributed by atoms with E-state index >= 15 is 0 Å². The van der Waals surface area contributed by atoms with Crippen LogP contribution < -0.4 is 11.1 Å². The third-order valence-corrected chi connectivity index (χ3v) is 3.48. The quantitative estimate of drug-likeness (QED) is 0.728. The Morgan fingerprint density at radius 1 is 1.53 bits per heavy atom. The van der Waals surface area contributed by atoms with Crippen molar-refractivity contribution in [1.29, 1.82) is 0 Å². The average Bonchev–Trinajstić information content (AvgIpc) is 2.72. The van der Waals surface area contributed by atoms with Gasteiger partial charge < -0.3 is 11.1 Å². The molecule has 1 rings (SSSR count). The molecule has 1 aliphatic rings. The predicted molar refractivity (Wildman–Crippen MR) is 70.7 cm³/mol. The van der Waals surface area contributed by atoms with Crippen molar-refractivity contribution in [2.75, 3.05) is 19.6 Å². The summed E-state index contributed by atoms with van der Waals surface area (Å²) < 4.78 is 0. The number of rotatable bonds is 6. The first-order valence-electron chi connectivity index (χ1n) is 6.82. The summed E-state index contributed by atoms with van der Waals surface area (Å²) in [5.41, 5.74) is 5.84. The van der Waals surface area contributed by atoms with Crippen molar-refractivity contribution in [3.8, 4) is 0 Å². The highest BCUT2D eigenvalue weighted by Gasteiger charge is 2.24. The van der Waals surface area contributed by atoms with Crippen LogP contribution in [0.5, 0.6) is 0 Å². The number of nitrogens with zero attached hydrogens (tertiary/aromatic N) is 1. The number of hydrogen-bond donors (Lipinski definition) is 2. The van der Waals surface area contributed by atoms with Gasteiger partial charge in [-0.3, -0.25) is 9.69 Å². The molecular weight excluding hydrogens is 214 g/mol. The second-order valence-electron chi connectivity index (χ2n) is 5.41. The second kappa shape index (κ2) is 6.97. The van der Waals surface area contributed by atoms with Gasteiger partial charge in [-0.1, -0.05) is 20.8 Å². The third-order valence-electron chi connectivity index (χ3n) is 3.48. The maximum Gasteiger partial charge on any atom is 0.236 e. The Bertz CT molecular complexity index is 243. The van der Waals surface area contributed by atoms with Crippen LogP contribution in [0.25, 0.3) is 0 Å². The topological polar surface area (TPSA) is 58.4 Å². The van der Waals surface area contributed by atoms with Crippen LogP contribution in [0.2, 0.25) is 0 Å². The van der Waals surface area contributed by atoms with Gasteiger partial charge in [0.25, 0.3) is 0 Å². The summed E-state index contributed by atoms with van der Waals surface area (Å²) in [6.07, 6.45) is 3.19. The van der Waals surface area contributed by atoms with E-state index in [1.54, 1.807) is 0 Å². The van der Waals surface area contributed by atoms with Crippen LogP contribution in [0.15, 0.2) is 0 Å². The van der Waals surface area contributed by atoms with Gasteiger partial charge in [-0.15, -0.1) is 0 Å². The number of likely N-dealkylation sites (N-methyl/N-ethyl adjacent to an activating group) is 1. The molecule has 3 N–H and O–H groups in total. The summed E-state index contributed by atoms with van der Waals surface area (Å²) in [4.78, 5) is 14.2. The van der Waals surface area contributed by atoms with E-state index in [9.17, 15) is 4.79 Å². The van der Waals surface area contributed by atoms with E-state index in [0.29, 0.717) is 12.0 Å². The molecule has 0 spiro atoms. The molecule has 0 saturated carbocycles. The largest absolute Gasteiger partial charge is 0.353 e. The lowest BCUT2D eigenvalue weighted by molar-refractivity contribution is -0.122. The standard InChI is InChI=1S/C13H27N3O/c1-4-16-7-5-6-11(16)9-15-13(17)12(14)8-10(2)3/h10-12H,4-9,14H2,1-3H3,(H,15,17)/t11?,12-/m1/s1. The summed E-state index contributed by atoms with van der Waals surface area (Å²) in [6.45, 7) is 9.32. The van der Waals surface area contributed by atoms with Gasteiger partial charge in [0.15, 0.2) is 0 Å². The average molecular weight is 241 g/mol. The van der Waals surface area contributed by atoms with Crippen LogP contribution in [0, 0.1) is 5.92 Å². The highest BCUT2D eigenvalue weighted by atomic mass is 16.2. The Morgan fingerprint density at radius 3 is 2.82 bits per heavy atom. The normalized spacial score (nSPS) is 23.0. The first-order chi connectivity index (χ1) is 8.04. The Kier molecular flexibility index (Phi) is 5.92. The highest BCUT2D eigenvalue weighted by Crippen LogP contribution is 2.15. The number of carbonyl (C=O) groups is 1. The molecule has 0 aromatic heterocycles. The molecule has 1 aliphatic heterocycles. The zero-order chi connectivity index (χ0) is 12.8. The van der Waals surface area contributed by atoms with Crippen LogP contribution >= 0.6 is 0 Å². The van der Waals surface area contributed by atoms with E-state index in [4.69, 9.17) is 5.73 Å². The molecule has 4 heteroatoms. The van der Waals surface area contributed by atoms with Gasteiger partial charge in [-0.2, -0.15) is 0 Å². The lowest BCUT2D eigenvalue weighted by Gasteiger charge is -2.23. The van der Waals surface area contributed by atoms with Gasteiger partial charge in [0.2, 0.25) is 5.91 Å². The SMILES string of the molecule is CCN1CCCC1CNC(=O)[C@H](N)CC(C)C. The second-order valence-corrected chi connectivity index (χ2v) is 5.41. The van der Waals surface area contributed by atoms with Crippen molar-refractivity contribution in [2.24, 2.45) is 11.7 Å². The zero-order valence-electron chi connectivity index (χ0n) is 11.4. The molecule has 4 nitrogen and oxygen atoms in total. The Hall–Kier alpha value is -0.610. The maximum absolute atomic E-state index is 11.8. The highest BCUT2D eigenvalue weighted by molar-refractivity contribution is 5.81. The molecule has 1 unspecified atom stereocenters. The molecular formula is C13H27N3O. The van der Waals surface area contributed by atoms with Gasteiger partial charge in [-0.25, -0.2) is 0 Å². The molecule has 2 atom stereocenters. The molecule has 0 aromatic carbocycles. The Labute approximate surface area is 105 Å². The van der Waals surface area contributed by atoms with E-state index in [1.165, 1.54) is 12.8 Å². The molecule has 17 heavy (non-hydrogen) atoms. The van der Waals surface area contributed by atoms with Crippen molar-refractivity contribution >= 4 is 5.91 Å². The molecule has 1 saturated heterocycles. The predicted octanol–water partition coefficient (Wildman–Crippen LogP) is 0.960. The van der Waals surface area contributed by atoms with E-state index in [2.05, 4.69) is 31.0 Å². The van der Waals surface area contributed by atoms with Crippen molar-refractivity contribution in [2.45, 2.75) is 52.1 Å². The van der Waals surface area contributed by atoms with Gasteiger partial charge in [-0.05, 0) is 38.3 Å². The summed E-state index contributed by atoms with van der Waals surface area (Å²) in [5, 5.41) is 2.99. The molecule has 100 valence electrons. The fourth-order valence-electron chi connectivity index (χ4n) is 2.51. The van der Waals surface area contributed by atoms with Gasteiger partial charge >= 0.3 is 0 Å². The van der Waals surface area contributed by atoms with Crippen LogP contribution in [0.4, 0.5) is 0 Å². The van der Waals surface area contributed by atoms with Crippen molar-refractivity contribution in [1.82, 2.24) is 10.2 Å². The molecule has 1 fully saturated rings.